The molecule has 1 N–H and O–H groups in total. The number of anilines is 1. The van der Waals surface area contributed by atoms with Crippen LogP contribution < -0.4 is 9.64 Å². The highest BCUT2D eigenvalue weighted by atomic mass is 35.5. The van der Waals surface area contributed by atoms with Gasteiger partial charge < -0.3 is 9.84 Å². The number of nitrogens with zero attached hydrogens (tertiary/aromatic N) is 3. The molecule has 0 radical (unpaired) electrons. The standard InChI is InChI=1S/C31H24ClN3O4S2/c1-2-17-39-23-13-8-12-21(18-23)27-26(25(36)16-15-20-9-4-3-5-10-20)28(37)29(38)35(27)30-33-34-31(41-30)40-19-22-11-6-7-14-24(22)32/h2-16,18,27,37H,1,17,19H2/b16-15+. The van der Waals surface area contributed by atoms with Gasteiger partial charge >= 0.3 is 0 Å². The second kappa shape index (κ2) is 13.0. The lowest BCUT2D eigenvalue weighted by Crippen LogP contribution is -2.30. The minimum Gasteiger partial charge on any atom is -0.503 e. The number of amides is 1. The molecule has 4 aromatic rings. The van der Waals surface area contributed by atoms with Gasteiger partial charge in [0.05, 0.1) is 11.6 Å². The van der Waals surface area contributed by atoms with Crippen molar-refractivity contribution < 1.29 is 19.4 Å². The summed E-state index contributed by atoms with van der Waals surface area (Å²) < 4.78 is 6.31. The summed E-state index contributed by atoms with van der Waals surface area (Å²) >= 11 is 8.91. The van der Waals surface area contributed by atoms with Crippen molar-refractivity contribution in [3.05, 3.63) is 131 Å². The summed E-state index contributed by atoms with van der Waals surface area (Å²) in [5, 5.41) is 20.4. The van der Waals surface area contributed by atoms with Crippen LogP contribution in [0.25, 0.3) is 6.08 Å². The van der Waals surface area contributed by atoms with Crippen molar-refractivity contribution in [2.45, 2.75) is 16.1 Å². The van der Waals surface area contributed by atoms with Crippen LogP contribution in [0.2, 0.25) is 5.02 Å². The first-order valence-electron chi connectivity index (χ1n) is 12.5. The Morgan fingerprint density at radius 2 is 1.88 bits per heavy atom. The number of aliphatic hydroxyl groups excluding tert-OH is 1. The first-order valence-corrected chi connectivity index (χ1v) is 14.7. The number of aliphatic hydroxyl groups is 1. The summed E-state index contributed by atoms with van der Waals surface area (Å²) in [4.78, 5) is 28.3. The van der Waals surface area contributed by atoms with Gasteiger partial charge in [-0.15, -0.1) is 10.2 Å². The maximum absolute atomic E-state index is 13.5. The fourth-order valence-electron chi connectivity index (χ4n) is 4.24. The average Bonchev–Trinajstić information content (AvgIpc) is 3.57. The lowest BCUT2D eigenvalue weighted by atomic mass is 9.95. The lowest BCUT2D eigenvalue weighted by molar-refractivity contribution is -0.117. The number of hydrogen-bond acceptors (Lipinski definition) is 8. The summed E-state index contributed by atoms with van der Waals surface area (Å²) in [6, 6.07) is 22.9. The highest BCUT2D eigenvalue weighted by molar-refractivity contribution is 8.00. The summed E-state index contributed by atoms with van der Waals surface area (Å²) in [7, 11) is 0. The van der Waals surface area contributed by atoms with Gasteiger partial charge in [0.25, 0.3) is 5.91 Å². The molecule has 10 heteroatoms. The van der Waals surface area contributed by atoms with Crippen molar-refractivity contribution in [1.29, 1.82) is 0 Å². The highest BCUT2D eigenvalue weighted by Crippen LogP contribution is 2.44. The van der Waals surface area contributed by atoms with Crippen molar-refractivity contribution in [3.8, 4) is 5.75 Å². The number of aromatic nitrogens is 2. The van der Waals surface area contributed by atoms with Crippen molar-refractivity contribution in [1.82, 2.24) is 10.2 Å². The molecule has 7 nitrogen and oxygen atoms in total. The second-order valence-corrected chi connectivity index (χ2v) is 11.4. The summed E-state index contributed by atoms with van der Waals surface area (Å²) in [5.74, 6) is -0.770. The summed E-state index contributed by atoms with van der Waals surface area (Å²) in [5.41, 5.74) is 2.27. The molecule has 1 aromatic heterocycles. The predicted octanol–water partition coefficient (Wildman–Crippen LogP) is 7.23. The molecule has 0 saturated carbocycles. The van der Waals surface area contributed by atoms with Crippen molar-refractivity contribution in [2.75, 3.05) is 11.5 Å². The van der Waals surface area contributed by atoms with E-state index >= 15 is 0 Å². The number of thioether (sulfide) groups is 1. The number of allylic oxidation sites excluding steroid dienone is 1. The molecule has 0 aliphatic carbocycles. The van der Waals surface area contributed by atoms with Crippen LogP contribution >= 0.6 is 34.7 Å². The molecular formula is C31H24ClN3O4S2. The molecule has 3 aromatic carbocycles. The number of carbonyl (C=O) groups excluding carboxylic acids is 2. The number of hydrogen-bond donors (Lipinski definition) is 1. The lowest BCUT2D eigenvalue weighted by Gasteiger charge is -2.24. The van der Waals surface area contributed by atoms with E-state index in [2.05, 4.69) is 16.8 Å². The first-order chi connectivity index (χ1) is 20.0. The average molecular weight is 602 g/mol. The van der Waals surface area contributed by atoms with E-state index in [1.165, 1.54) is 34.1 Å². The van der Waals surface area contributed by atoms with E-state index in [-0.39, 0.29) is 17.3 Å². The van der Waals surface area contributed by atoms with Gasteiger partial charge in [-0.2, -0.15) is 0 Å². The van der Waals surface area contributed by atoms with Crippen LogP contribution in [0.5, 0.6) is 5.75 Å². The molecule has 2 heterocycles. The smallest absolute Gasteiger partial charge is 0.296 e. The molecule has 5 rings (SSSR count). The van der Waals surface area contributed by atoms with E-state index in [1.54, 1.807) is 36.4 Å². The topological polar surface area (TPSA) is 92.6 Å². The third-order valence-electron chi connectivity index (χ3n) is 6.15. The van der Waals surface area contributed by atoms with Gasteiger partial charge in [0.15, 0.2) is 15.9 Å². The molecule has 0 fully saturated rings. The largest absolute Gasteiger partial charge is 0.503 e. The van der Waals surface area contributed by atoms with Gasteiger partial charge in [-0.05, 0) is 41.0 Å². The van der Waals surface area contributed by atoms with E-state index in [4.69, 9.17) is 16.3 Å². The highest BCUT2D eigenvalue weighted by Gasteiger charge is 2.45. The van der Waals surface area contributed by atoms with E-state index in [0.717, 1.165) is 11.1 Å². The van der Waals surface area contributed by atoms with E-state index in [1.807, 2.05) is 54.6 Å². The van der Waals surface area contributed by atoms with Crippen molar-refractivity contribution in [3.63, 3.8) is 0 Å². The molecule has 1 unspecified atom stereocenters. The fourth-order valence-corrected chi connectivity index (χ4v) is 6.39. The molecule has 1 amide bonds. The van der Waals surface area contributed by atoms with Crippen LogP contribution in [-0.2, 0) is 15.3 Å². The van der Waals surface area contributed by atoms with Crippen LogP contribution in [0.1, 0.15) is 22.7 Å². The van der Waals surface area contributed by atoms with Crippen LogP contribution in [0.4, 0.5) is 5.13 Å². The third-order valence-corrected chi connectivity index (χ3v) is 8.63. The summed E-state index contributed by atoms with van der Waals surface area (Å²) in [6.07, 6.45) is 4.62. The Balaban J connectivity index is 1.49. The quantitative estimate of drug-likeness (QED) is 0.0839. The molecule has 0 bridgehead atoms. The van der Waals surface area contributed by atoms with Crippen LogP contribution in [0.3, 0.4) is 0 Å². The summed E-state index contributed by atoms with van der Waals surface area (Å²) in [6.45, 7) is 3.96. The molecule has 1 aliphatic rings. The first kappa shape index (κ1) is 28.4. The Hall–Kier alpha value is -4.18. The third kappa shape index (κ3) is 6.43. The Labute approximate surface area is 250 Å². The molecule has 1 atom stereocenters. The number of ketones is 1. The van der Waals surface area contributed by atoms with Gasteiger partial charge in [0, 0.05) is 10.8 Å². The van der Waals surface area contributed by atoms with Crippen LogP contribution in [0, 0.1) is 0 Å². The van der Waals surface area contributed by atoms with Gasteiger partial charge in [0.2, 0.25) is 5.13 Å². The number of rotatable bonds is 11. The normalized spacial score (nSPS) is 15.1. The molecule has 41 heavy (non-hydrogen) atoms. The van der Waals surface area contributed by atoms with E-state index in [0.29, 0.717) is 26.4 Å². The number of carbonyl (C=O) groups is 2. The molecule has 206 valence electrons. The number of ether oxygens (including phenoxy) is 1. The van der Waals surface area contributed by atoms with Crippen molar-refractivity contribution in [2.24, 2.45) is 0 Å². The maximum atomic E-state index is 13.5. The fraction of sp³-hybridized carbons (Fsp3) is 0.0968. The SMILES string of the molecule is C=CCOc1cccc(C2C(C(=O)/C=C/c3ccccc3)=C(O)C(=O)N2c2nnc(SCc3ccccc3Cl)s2)c1. The van der Waals surface area contributed by atoms with Gasteiger partial charge in [0.1, 0.15) is 12.4 Å². The minimum absolute atomic E-state index is 0.0523. The minimum atomic E-state index is -0.947. The van der Waals surface area contributed by atoms with Crippen molar-refractivity contribution >= 4 is 57.6 Å². The van der Waals surface area contributed by atoms with Gasteiger partial charge in [-0.25, -0.2) is 0 Å². The number of benzene rings is 3. The van der Waals surface area contributed by atoms with Gasteiger partial charge in [-0.3, -0.25) is 14.5 Å². The second-order valence-electron chi connectivity index (χ2n) is 8.85. The molecular weight excluding hydrogens is 578 g/mol. The van der Waals surface area contributed by atoms with Crippen LogP contribution in [-0.4, -0.2) is 33.6 Å². The zero-order valence-corrected chi connectivity index (χ0v) is 24.0. The number of halogens is 1. The van der Waals surface area contributed by atoms with E-state index in [9.17, 15) is 14.7 Å². The Kier molecular flexibility index (Phi) is 8.98. The molecule has 0 spiro atoms. The molecule has 1 aliphatic heterocycles. The monoisotopic (exact) mass is 601 g/mol. The zero-order chi connectivity index (χ0) is 28.8. The van der Waals surface area contributed by atoms with Crippen LogP contribution in [0.15, 0.2) is 113 Å². The Morgan fingerprint density at radius 1 is 1.10 bits per heavy atom. The van der Waals surface area contributed by atoms with Gasteiger partial charge in [-0.1, -0.05) is 114 Å². The Morgan fingerprint density at radius 3 is 2.66 bits per heavy atom. The zero-order valence-electron chi connectivity index (χ0n) is 21.6. The Bertz CT molecular complexity index is 1650. The van der Waals surface area contributed by atoms with E-state index < -0.39 is 23.5 Å². The maximum Gasteiger partial charge on any atom is 0.296 e. The predicted molar refractivity (Wildman–Crippen MR) is 163 cm³/mol. The molecule has 0 saturated heterocycles.